The first kappa shape index (κ1) is 15.8. The van der Waals surface area contributed by atoms with Crippen molar-refractivity contribution in [3.63, 3.8) is 0 Å². The Morgan fingerprint density at radius 3 is 2.68 bits per heavy atom. The molecule has 4 amide bonds. The third-order valence-electron chi connectivity index (χ3n) is 3.76. The molecule has 1 saturated heterocycles. The quantitative estimate of drug-likeness (QED) is 0.768. The van der Waals surface area contributed by atoms with E-state index in [4.69, 9.17) is 5.73 Å². The summed E-state index contributed by atoms with van der Waals surface area (Å²) < 4.78 is 0. The van der Waals surface area contributed by atoms with E-state index in [1.807, 2.05) is 0 Å². The number of hydrogen-bond donors (Lipinski definition) is 3. The monoisotopic (exact) mass is 304 g/mol. The van der Waals surface area contributed by atoms with E-state index in [2.05, 4.69) is 10.6 Å². The molecule has 22 heavy (non-hydrogen) atoms. The van der Waals surface area contributed by atoms with Crippen molar-refractivity contribution in [1.29, 1.82) is 0 Å². The number of urea groups is 1. The molecule has 1 unspecified atom stereocenters. The third-order valence-corrected chi connectivity index (χ3v) is 3.76. The zero-order valence-corrected chi connectivity index (χ0v) is 12.5. The summed E-state index contributed by atoms with van der Waals surface area (Å²) in [5.41, 5.74) is 6.13. The number of likely N-dealkylation sites (tertiary alicyclic amines) is 1. The summed E-state index contributed by atoms with van der Waals surface area (Å²) in [7, 11) is 1.53. The van der Waals surface area contributed by atoms with E-state index in [-0.39, 0.29) is 17.7 Å². The number of nitrogens with one attached hydrogen (secondary N) is 2. The molecule has 0 aromatic heterocycles. The van der Waals surface area contributed by atoms with E-state index in [9.17, 15) is 14.4 Å². The number of para-hydroxylation sites is 1. The normalized spacial score (nSPS) is 17.7. The maximum atomic E-state index is 12.4. The molecule has 1 aromatic carbocycles. The predicted octanol–water partition coefficient (Wildman–Crippen LogP) is 0.775. The first-order valence-electron chi connectivity index (χ1n) is 7.19. The van der Waals surface area contributed by atoms with Crippen LogP contribution in [-0.2, 0) is 4.79 Å². The summed E-state index contributed by atoms with van der Waals surface area (Å²) in [6.45, 7) is 0.886. The van der Waals surface area contributed by atoms with Gasteiger partial charge in [-0.1, -0.05) is 12.1 Å². The fraction of sp³-hybridized carbons (Fsp3) is 0.400. The van der Waals surface area contributed by atoms with Gasteiger partial charge < -0.3 is 21.3 Å². The number of rotatable bonds is 3. The second-order valence-corrected chi connectivity index (χ2v) is 5.24. The maximum absolute atomic E-state index is 12.4. The van der Waals surface area contributed by atoms with Crippen LogP contribution in [0.2, 0.25) is 0 Å². The first-order valence-corrected chi connectivity index (χ1v) is 7.19. The van der Waals surface area contributed by atoms with Gasteiger partial charge in [0.15, 0.2) is 0 Å². The molecule has 0 radical (unpaired) electrons. The van der Waals surface area contributed by atoms with Gasteiger partial charge in [0.25, 0.3) is 5.91 Å². The van der Waals surface area contributed by atoms with Crippen molar-refractivity contribution in [2.75, 3.05) is 25.5 Å². The number of primary amides is 1. The Hall–Kier alpha value is -2.57. The number of amides is 4. The number of hydrogen-bond acceptors (Lipinski definition) is 3. The van der Waals surface area contributed by atoms with Gasteiger partial charge >= 0.3 is 6.03 Å². The van der Waals surface area contributed by atoms with Gasteiger partial charge in [-0.05, 0) is 25.0 Å². The lowest BCUT2D eigenvalue weighted by molar-refractivity contribution is -0.121. The fourth-order valence-corrected chi connectivity index (χ4v) is 2.55. The molecule has 1 aliphatic heterocycles. The molecule has 1 fully saturated rings. The van der Waals surface area contributed by atoms with Crippen molar-refractivity contribution in [3.05, 3.63) is 29.8 Å². The molecule has 1 atom stereocenters. The number of nitrogens with two attached hydrogens (primary N) is 1. The van der Waals surface area contributed by atoms with Crippen LogP contribution in [0, 0.1) is 5.92 Å². The molecule has 1 heterocycles. The Balaban J connectivity index is 2.09. The molecule has 4 N–H and O–H groups in total. The largest absolute Gasteiger partial charge is 0.355 e. The van der Waals surface area contributed by atoms with Crippen LogP contribution in [-0.4, -0.2) is 42.9 Å². The van der Waals surface area contributed by atoms with E-state index in [0.717, 1.165) is 6.42 Å². The van der Waals surface area contributed by atoms with Crippen molar-refractivity contribution in [1.82, 2.24) is 10.2 Å². The third kappa shape index (κ3) is 3.55. The predicted molar refractivity (Wildman–Crippen MR) is 82.3 cm³/mol. The number of nitrogens with zero attached hydrogens (tertiary/aromatic N) is 1. The minimum atomic E-state index is -0.511. The Morgan fingerprint density at radius 2 is 2.00 bits per heavy atom. The molecule has 0 saturated carbocycles. The average Bonchev–Trinajstić information content (AvgIpc) is 2.54. The van der Waals surface area contributed by atoms with Crippen molar-refractivity contribution in [3.8, 4) is 0 Å². The fourth-order valence-electron chi connectivity index (χ4n) is 2.55. The zero-order chi connectivity index (χ0) is 16.1. The second-order valence-electron chi connectivity index (χ2n) is 5.24. The lowest BCUT2D eigenvalue weighted by atomic mass is 9.97. The minimum absolute atomic E-state index is 0.206. The van der Waals surface area contributed by atoms with Gasteiger partial charge in [0, 0.05) is 20.1 Å². The van der Waals surface area contributed by atoms with E-state index in [0.29, 0.717) is 30.8 Å². The SMILES string of the molecule is CNC(=O)c1ccccc1NC(=O)C1CCCN(C(N)=O)C1. The van der Waals surface area contributed by atoms with Gasteiger partial charge in [0.2, 0.25) is 5.91 Å². The van der Waals surface area contributed by atoms with Crippen molar-refractivity contribution >= 4 is 23.5 Å². The highest BCUT2D eigenvalue weighted by atomic mass is 16.2. The number of piperidine rings is 1. The average molecular weight is 304 g/mol. The Labute approximate surface area is 128 Å². The van der Waals surface area contributed by atoms with Crippen LogP contribution in [0.4, 0.5) is 10.5 Å². The summed E-state index contributed by atoms with van der Waals surface area (Å²) in [5.74, 6) is -0.792. The van der Waals surface area contributed by atoms with Gasteiger partial charge in [-0.2, -0.15) is 0 Å². The highest BCUT2D eigenvalue weighted by molar-refractivity contribution is 6.04. The van der Waals surface area contributed by atoms with Gasteiger partial charge in [-0.3, -0.25) is 9.59 Å². The highest BCUT2D eigenvalue weighted by Crippen LogP contribution is 2.20. The molecule has 0 aliphatic carbocycles. The van der Waals surface area contributed by atoms with E-state index < -0.39 is 6.03 Å². The molecular weight excluding hydrogens is 284 g/mol. The topological polar surface area (TPSA) is 105 Å². The summed E-state index contributed by atoms with van der Waals surface area (Å²) in [6, 6.07) is 6.29. The van der Waals surface area contributed by atoms with Gasteiger partial charge in [0.1, 0.15) is 0 Å². The van der Waals surface area contributed by atoms with Crippen molar-refractivity contribution in [2.24, 2.45) is 11.7 Å². The van der Waals surface area contributed by atoms with Crippen LogP contribution in [0.15, 0.2) is 24.3 Å². The summed E-state index contributed by atoms with van der Waals surface area (Å²) >= 11 is 0. The minimum Gasteiger partial charge on any atom is -0.355 e. The van der Waals surface area contributed by atoms with Crippen molar-refractivity contribution in [2.45, 2.75) is 12.8 Å². The van der Waals surface area contributed by atoms with Crippen LogP contribution >= 0.6 is 0 Å². The molecule has 1 aliphatic rings. The summed E-state index contributed by atoms with van der Waals surface area (Å²) in [6.07, 6.45) is 1.43. The second kappa shape index (κ2) is 6.93. The Bertz CT molecular complexity index is 588. The molecule has 7 heteroatoms. The van der Waals surface area contributed by atoms with Crippen molar-refractivity contribution < 1.29 is 14.4 Å². The molecule has 1 aromatic rings. The van der Waals surface area contributed by atoms with Crippen LogP contribution in [0.3, 0.4) is 0 Å². The molecule has 0 spiro atoms. The standard InChI is InChI=1S/C15H20N4O3/c1-17-14(21)11-6-2-3-7-12(11)18-13(20)10-5-4-8-19(9-10)15(16)22/h2-3,6-7,10H,4-5,8-9H2,1H3,(H2,16,22)(H,17,21)(H,18,20). The number of anilines is 1. The van der Waals surface area contributed by atoms with Crippen LogP contribution in [0.5, 0.6) is 0 Å². The van der Waals surface area contributed by atoms with Crippen LogP contribution < -0.4 is 16.4 Å². The lowest BCUT2D eigenvalue weighted by Gasteiger charge is -2.30. The van der Waals surface area contributed by atoms with E-state index >= 15 is 0 Å². The van der Waals surface area contributed by atoms with Gasteiger partial charge in [-0.25, -0.2) is 4.79 Å². The highest BCUT2D eigenvalue weighted by Gasteiger charge is 2.28. The lowest BCUT2D eigenvalue weighted by Crippen LogP contribution is -2.46. The number of carbonyl (C=O) groups excluding carboxylic acids is 3. The Morgan fingerprint density at radius 1 is 1.27 bits per heavy atom. The van der Waals surface area contributed by atoms with E-state index in [1.54, 1.807) is 24.3 Å². The smallest absolute Gasteiger partial charge is 0.314 e. The Kier molecular flexibility index (Phi) is 4.98. The molecule has 0 bridgehead atoms. The molecule has 7 nitrogen and oxygen atoms in total. The molecular formula is C15H20N4O3. The van der Waals surface area contributed by atoms with Gasteiger partial charge in [0.05, 0.1) is 17.2 Å². The molecule has 2 rings (SSSR count). The van der Waals surface area contributed by atoms with Gasteiger partial charge in [-0.15, -0.1) is 0 Å². The van der Waals surface area contributed by atoms with Crippen LogP contribution in [0.1, 0.15) is 23.2 Å². The summed E-state index contributed by atoms with van der Waals surface area (Å²) in [5, 5.41) is 5.31. The first-order chi connectivity index (χ1) is 10.5. The zero-order valence-electron chi connectivity index (χ0n) is 12.5. The van der Waals surface area contributed by atoms with E-state index in [1.165, 1.54) is 11.9 Å². The number of benzene rings is 1. The number of carbonyl (C=O) groups is 3. The maximum Gasteiger partial charge on any atom is 0.314 e. The molecule has 118 valence electrons. The summed E-state index contributed by atoms with van der Waals surface area (Å²) in [4.78, 5) is 36.9. The van der Waals surface area contributed by atoms with Crippen LogP contribution in [0.25, 0.3) is 0 Å².